The van der Waals surface area contributed by atoms with Crippen LogP contribution in [0.4, 0.5) is 5.69 Å². The van der Waals surface area contributed by atoms with Gasteiger partial charge in [-0.1, -0.05) is 23.5 Å². The van der Waals surface area contributed by atoms with Gasteiger partial charge in [-0.25, -0.2) is 4.99 Å². The number of aromatic nitrogens is 1. The van der Waals surface area contributed by atoms with Crippen LogP contribution in [-0.2, 0) is 6.67 Å². The van der Waals surface area contributed by atoms with Crippen molar-refractivity contribution < 1.29 is 14.2 Å². The van der Waals surface area contributed by atoms with Crippen molar-refractivity contribution in [3.63, 3.8) is 0 Å². The van der Waals surface area contributed by atoms with E-state index in [1.165, 1.54) is 11.3 Å². The van der Waals surface area contributed by atoms with Crippen molar-refractivity contribution in [2.45, 2.75) is 6.67 Å². The number of hydrogen-bond donors (Lipinski definition) is 0. The lowest BCUT2D eigenvalue weighted by Gasteiger charge is -2.25. The lowest BCUT2D eigenvalue weighted by molar-refractivity contribution is 0.174. The Labute approximate surface area is 164 Å². The first kappa shape index (κ1) is 16.9. The average Bonchev–Trinajstić information content (AvgIpc) is 3.32. The number of anilines is 1. The highest BCUT2D eigenvalue weighted by molar-refractivity contribution is 7.07. The van der Waals surface area contributed by atoms with E-state index in [4.69, 9.17) is 14.2 Å². The van der Waals surface area contributed by atoms with Crippen LogP contribution < -0.4 is 34.0 Å². The van der Waals surface area contributed by atoms with Crippen LogP contribution in [0.1, 0.15) is 5.56 Å². The predicted molar refractivity (Wildman–Crippen MR) is 106 cm³/mol. The number of rotatable bonds is 3. The van der Waals surface area contributed by atoms with Gasteiger partial charge in [0.1, 0.15) is 19.1 Å². The topological polar surface area (TPSA) is 65.3 Å². The minimum absolute atomic E-state index is 0.0370. The molecule has 142 valence electrons. The number of thiazole rings is 1. The minimum Gasteiger partial charge on any atom is -0.497 e. The predicted octanol–water partition coefficient (Wildman–Crippen LogP) is 1.53. The van der Waals surface area contributed by atoms with E-state index in [2.05, 4.69) is 4.99 Å². The molecule has 28 heavy (non-hydrogen) atoms. The number of nitrogens with zero attached hydrogens (tertiary/aromatic N) is 3. The Morgan fingerprint density at radius 3 is 2.79 bits per heavy atom. The van der Waals surface area contributed by atoms with Gasteiger partial charge in [0, 0.05) is 11.8 Å². The highest BCUT2D eigenvalue weighted by atomic mass is 32.1. The minimum atomic E-state index is -0.0370. The fraction of sp³-hybridized carbons (Fsp3) is 0.200. The second-order valence-electron chi connectivity index (χ2n) is 6.42. The Hall–Kier alpha value is -3.26. The Balaban J connectivity index is 1.47. The summed E-state index contributed by atoms with van der Waals surface area (Å²) in [5.41, 5.74) is 1.85. The lowest BCUT2D eigenvalue weighted by Crippen LogP contribution is -2.42. The van der Waals surface area contributed by atoms with Gasteiger partial charge in [0.25, 0.3) is 5.56 Å². The van der Waals surface area contributed by atoms with E-state index in [-0.39, 0.29) is 12.4 Å². The normalized spacial score (nSPS) is 15.3. The van der Waals surface area contributed by atoms with Gasteiger partial charge in [0.05, 0.1) is 11.6 Å². The zero-order chi connectivity index (χ0) is 19.1. The van der Waals surface area contributed by atoms with Crippen LogP contribution in [0.15, 0.2) is 52.3 Å². The summed E-state index contributed by atoms with van der Waals surface area (Å²) in [4.78, 5) is 20.2. The maximum absolute atomic E-state index is 12.9. The summed E-state index contributed by atoms with van der Waals surface area (Å²) < 4.78 is 18.4. The van der Waals surface area contributed by atoms with Crippen LogP contribution in [0.25, 0.3) is 6.08 Å². The van der Waals surface area contributed by atoms with Gasteiger partial charge < -0.3 is 19.1 Å². The summed E-state index contributed by atoms with van der Waals surface area (Å²) in [5, 5.41) is 0. The fourth-order valence-electron chi connectivity index (χ4n) is 3.21. The molecule has 0 aliphatic carbocycles. The van der Waals surface area contributed by atoms with Crippen molar-refractivity contribution in [1.82, 2.24) is 4.57 Å². The van der Waals surface area contributed by atoms with E-state index in [1.54, 1.807) is 11.7 Å². The molecule has 8 heteroatoms. The van der Waals surface area contributed by atoms with Crippen LogP contribution in [0.2, 0.25) is 0 Å². The van der Waals surface area contributed by atoms with E-state index in [0.717, 1.165) is 33.3 Å². The van der Waals surface area contributed by atoms with Crippen LogP contribution in [0.5, 0.6) is 17.2 Å². The number of methoxy groups -OCH3 is 1. The fourth-order valence-corrected chi connectivity index (χ4v) is 4.17. The largest absolute Gasteiger partial charge is 0.497 e. The molecular formula is C20H17N3O4S. The van der Waals surface area contributed by atoms with Gasteiger partial charge in [0.15, 0.2) is 16.3 Å². The van der Waals surface area contributed by atoms with Gasteiger partial charge in [-0.3, -0.25) is 9.36 Å². The second-order valence-corrected chi connectivity index (χ2v) is 7.43. The molecule has 7 nitrogen and oxygen atoms in total. The van der Waals surface area contributed by atoms with Gasteiger partial charge >= 0.3 is 0 Å². The molecule has 0 unspecified atom stereocenters. The van der Waals surface area contributed by atoms with E-state index >= 15 is 0 Å². The molecule has 2 aliphatic rings. The first-order valence-electron chi connectivity index (χ1n) is 8.76. The monoisotopic (exact) mass is 395 g/mol. The molecule has 3 aromatic rings. The van der Waals surface area contributed by atoms with E-state index in [0.29, 0.717) is 17.9 Å². The Bertz CT molecular complexity index is 1210. The van der Waals surface area contributed by atoms with Crippen molar-refractivity contribution in [2.24, 2.45) is 4.99 Å². The average molecular weight is 395 g/mol. The summed E-state index contributed by atoms with van der Waals surface area (Å²) in [6, 6.07) is 13.4. The molecule has 5 rings (SSSR count). The molecule has 0 atom stereocenters. The molecular weight excluding hydrogens is 378 g/mol. The van der Waals surface area contributed by atoms with Crippen LogP contribution >= 0.6 is 11.3 Å². The molecule has 0 radical (unpaired) electrons. The van der Waals surface area contributed by atoms with E-state index in [1.807, 2.05) is 53.4 Å². The number of benzene rings is 2. The molecule has 0 fully saturated rings. The van der Waals surface area contributed by atoms with Crippen molar-refractivity contribution in [3.8, 4) is 17.2 Å². The highest BCUT2D eigenvalue weighted by Crippen LogP contribution is 2.35. The molecule has 0 spiro atoms. The van der Waals surface area contributed by atoms with Crippen molar-refractivity contribution in [1.29, 1.82) is 0 Å². The molecule has 2 aliphatic heterocycles. The summed E-state index contributed by atoms with van der Waals surface area (Å²) in [7, 11) is 1.63. The third-order valence-corrected chi connectivity index (χ3v) is 5.76. The van der Waals surface area contributed by atoms with Gasteiger partial charge in [-0.05, 0) is 35.9 Å². The van der Waals surface area contributed by atoms with Crippen molar-refractivity contribution in [3.05, 3.63) is 67.7 Å². The lowest BCUT2D eigenvalue weighted by atomic mass is 10.2. The molecule has 0 N–H and O–H groups in total. The Morgan fingerprint density at radius 1 is 1.14 bits per heavy atom. The maximum atomic E-state index is 12.9. The Morgan fingerprint density at radius 2 is 1.96 bits per heavy atom. The van der Waals surface area contributed by atoms with Gasteiger partial charge in [0.2, 0.25) is 6.79 Å². The van der Waals surface area contributed by atoms with Gasteiger partial charge in [-0.15, -0.1) is 0 Å². The molecule has 0 amide bonds. The van der Waals surface area contributed by atoms with Crippen molar-refractivity contribution in [2.75, 3.05) is 25.5 Å². The number of ether oxygens (including phenoxy) is 3. The maximum Gasteiger partial charge on any atom is 0.271 e. The third kappa shape index (κ3) is 2.91. The summed E-state index contributed by atoms with van der Waals surface area (Å²) in [6.07, 6.45) is 1.89. The molecule has 0 saturated heterocycles. The number of fused-ring (bicyclic) bond motifs is 2. The molecule has 0 bridgehead atoms. The Kier molecular flexibility index (Phi) is 4.05. The van der Waals surface area contributed by atoms with Crippen LogP contribution in [0, 0.1) is 0 Å². The smallest absolute Gasteiger partial charge is 0.271 e. The zero-order valence-corrected chi connectivity index (χ0v) is 15.9. The van der Waals surface area contributed by atoms with Crippen LogP contribution in [-0.4, -0.2) is 25.1 Å². The zero-order valence-electron chi connectivity index (χ0n) is 15.1. The quantitative estimate of drug-likeness (QED) is 0.673. The third-order valence-electron chi connectivity index (χ3n) is 4.71. The number of hydrogen-bond acceptors (Lipinski definition) is 7. The summed E-state index contributed by atoms with van der Waals surface area (Å²) in [6.45, 7) is 1.17. The van der Waals surface area contributed by atoms with E-state index < -0.39 is 0 Å². The second kappa shape index (κ2) is 6.72. The van der Waals surface area contributed by atoms with E-state index in [9.17, 15) is 4.79 Å². The standard InChI is InChI=1S/C20H17N3O4S/c1-25-15-5-2-13(3-6-15)8-18-19(24)23-11-22(10-21-20(23)28-18)14-4-7-16-17(9-14)27-12-26-16/h2-9H,10-12H2,1H3/b18-8+. The highest BCUT2D eigenvalue weighted by Gasteiger charge is 2.19. The SMILES string of the molecule is COc1ccc(/C=c2/sc3n(c2=O)CN(c2ccc4c(c2)OCO4)CN=3)cc1. The first-order chi connectivity index (χ1) is 13.7. The summed E-state index contributed by atoms with van der Waals surface area (Å²) >= 11 is 1.41. The molecule has 1 aromatic heterocycles. The molecule has 0 saturated carbocycles. The van der Waals surface area contributed by atoms with Gasteiger partial charge in [-0.2, -0.15) is 0 Å². The first-order valence-corrected chi connectivity index (χ1v) is 9.57. The summed E-state index contributed by atoms with van der Waals surface area (Å²) in [5.74, 6) is 2.24. The molecule has 2 aromatic carbocycles. The van der Waals surface area contributed by atoms with Crippen molar-refractivity contribution >= 4 is 23.1 Å². The van der Waals surface area contributed by atoms with Crippen LogP contribution in [0.3, 0.4) is 0 Å². The molecule has 3 heterocycles.